The zero-order valence-electron chi connectivity index (χ0n) is 9.98. The Morgan fingerprint density at radius 2 is 1.69 bits per heavy atom. The normalized spacial score (nSPS) is 20.0. The molecule has 2 aliphatic heterocycles. The molecular formula is C11H19N3O2. The van der Waals surface area contributed by atoms with Crippen molar-refractivity contribution in [2.75, 3.05) is 33.7 Å². The summed E-state index contributed by atoms with van der Waals surface area (Å²) in [4.78, 5) is 26.5. The number of carbonyl (C=O) groups excluding carboxylic acids is 2. The topological polar surface area (TPSA) is 43.9 Å². The van der Waals surface area contributed by atoms with Crippen LogP contribution in [0.2, 0.25) is 0 Å². The van der Waals surface area contributed by atoms with Gasteiger partial charge in [0.1, 0.15) is 0 Å². The number of hydrogen-bond donors (Lipinski definition) is 0. The molecule has 0 unspecified atom stereocenters. The number of nitrogens with zero attached hydrogens (tertiary/aromatic N) is 3. The Hall–Kier alpha value is -1.52. The summed E-state index contributed by atoms with van der Waals surface area (Å²) < 4.78 is 0. The molecular weight excluding hydrogens is 206 g/mol. The number of amides is 3. The summed E-state index contributed by atoms with van der Waals surface area (Å²) in [6.07, 6.45) is 3.28. The lowest BCUT2D eigenvalue weighted by atomic mass is 10.4. The van der Waals surface area contributed by atoms with Gasteiger partial charge < -0.3 is 14.7 Å². The lowest BCUT2D eigenvalue weighted by Crippen LogP contribution is -2.25. The molecule has 2 fully saturated rings. The van der Waals surface area contributed by atoms with Gasteiger partial charge in [0.05, 0.1) is 0 Å². The predicted octanol–water partition coefficient (Wildman–Crippen LogP) is 0.736. The highest BCUT2D eigenvalue weighted by molar-refractivity contribution is 5.78. The first kappa shape index (κ1) is 12.5. The minimum Gasteiger partial charge on any atom is -0.326 e. The molecule has 5 nitrogen and oxygen atoms in total. The number of likely N-dealkylation sites (N-methyl/N-ethyl adjacent to an activating group) is 2. The molecule has 5 heteroatoms. The van der Waals surface area contributed by atoms with Crippen LogP contribution in [-0.2, 0) is 4.79 Å². The summed E-state index contributed by atoms with van der Waals surface area (Å²) in [5.41, 5.74) is 0. The summed E-state index contributed by atoms with van der Waals surface area (Å²) in [6, 6.07) is 0.130. The second-order valence-corrected chi connectivity index (χ2v) is 4.00. The maximum Gasteiger partial charge on any atom is 0.319 e. The molecule has 3 amide bonds. The van der Waals surface area contributed by atoms with E-state index < -0.39 is 0 Å². The molecule has 0 aromatic carbocycles. The molecule has 90 valence electrons. The quantitative estimate of drug-likeness (QED) is 0.660. The largest absolute Gasteiger partial charge is 0.326 e. The van der Waals surface area contributed by atoms with E-state index >= 15 is 0 Å². The van der Waals surface area contributed by atoms with Crippen LogP contribution in [0.4, 0.5) is 4.79 Å². The van der Waals surface area contributed by atoms with Crippen molar-refractivity contribution in [2.45, 2.75) is 12.8 Å². The third kappa shape index (κ3) is 2.98. The summed E-state index contributed by atoms with van der Waals surface area (Å²) in [7, 11) is 3.62. The van der Waals surface area contributed by atoms with Crippen molar-refractivity contribution < 1.29 is 9.59 Å². The van der Waals surface area contributed by atoms with Gasteiger partial charge in [-0.1, -0.05) is 6.58 Å². The Morgan fingerprint density at radius 3 is 1.88 bits per heavy atom. The highest BCUT2D eigenvalue weighted by Gasteiger charge is 2.20. The van der Waals surface area contributed by atoms with Crippen LogP contribution in [0.1, 0.15) is 12.8 Å². The fourth-order valence-electron chi connectivity index (χ4n) is 1.64. The van der Waals surface area contributed by atoms with Gasteiger partial charge in [0.2, 0.25) is 5.91 Å². The van der Waals surface area contributed by atoms with E-state index in [0.29, 0.717) is 6.42 Å². The molecule has 0 N–H and O–H groups in total. The third-order valence-corrected chi connectivity index (χ3v) is 2.75. The van der Waals surface area contributed by atoms with Gasteiger partial charge in [0.15, 0.2) is 0 Å². The van der Waals surface area contributed by atoms with E-state index in [-0.39, 0.29) is 11.9 Å². The first-order valence-corrected chi connectivity index (χ1v) is 5.44. The summed E-state index contributed by atoms with van der Waals surface area (Å²) >= 11 is 0. The molecule has 2 aliphatic rings. The molecule has 0 radical (unpaired) electrons. The van der Waals surface area contributed by atoms with Crippen molar-refractivity contribution in [1.29, 1.82) is 0 Å². The monoisotopic (exact) mass is 225 g/mol. The predicted molar refractivity (Wildman–Crippen MR) is 61.8 cm³/mol. The van der Waals surface area contributed by atoms with Crippen molar-refractivity contribution >= 4 is 11.9 Å². The minimum absolute atomic E-state index is 0.130. The number of rotatable bonds is 1. The van der Waals surface area contributed by atoms with Gasteiger partial charge in [-0.15, -0.1) is 0 Å². The van der Waals surface area contributed by atoms with Gasteiger partial charge in [0, 0.05) is 40.2 Å². The fraction of sp³-hybridized carbons (Fsp3) is 0.636. The SMILES string of the molecule is C=CN1CCCC1=O.CN1CCN(C)C1=O. The van der Waals surface area contributed by atoms with Crippen molar-refractivity contribution in [2.24, 2.45) is 0 Å². The van der Waals surface area contributed by atoms with Crippen LogP contribution in [-0.4, -0.2) is 60.4 Å². The van der Waals surface area contributed by atoms with Crippen LogP contribution >= 0.6 is 0 Å². The van der Waals surface area contributed by atoms with Crippen LogP contribution in [0, 0.1) is 0 Å². The first-order valence-electron chi connectivity index (χ1n) is 5.44. The van der Waals surface area contributed by atoms with E-state index in [9.17, 15) is 9.59 Å². The Labute approximate surface area is 96.3 Å². The van der Waals surface area contributed by atoms with Crippen molar-refractivity contribution in [1.82, 2.24) is 14.7 Å². The summed E-state index contributed by atoms with van der Waals surface area (Å²) in [5.74, 6) is 0.208. The Balaban J connectivity index is 0.000000160. The number of carbonyl (C=O) groups is 2. The zero-order valence-corrected chi connectivity index (χ0v) is 9.98. The number of hydrogen-bond acceptors (Lipinski definition) is 2. The average Bonchev–Trinajstić information content (AvgIpc) is 2.81. The van der Waals surface area contributed by atoms with E-state index in [0.717, 1.165) is 26.1 Å². The second-order valence-electron chi connectivity index (χ2n) is 4.00. The first-order chi connectivity index (χ1) is 7.56. The number of urea groups is 1. The molecule has 0 aliphatic carbocycles. The maximum absolute atomic E-state index is 10.8. The van der Waals surface area contributed by atoms with Crippen LogP contribution in [0.25, 0.3) is 0 Å². The lowest BCUT2D eigenvalue weighted by molar-refractivity contribution is -0.125. The smallest absolute Gasteiger partial charge is 0.319 e. The summed E-state index contributed by atoms with van der Waals surface area (Å²) in [5, 5.41) is 0. The fourth-order valence-corrected chi connectivity index (χ4v) is 1.64. The number of likely N-dealkylation sites (tertiary alicyclic amines) is 1. The standard InChI is InChI=1S/C6H9NO.C5H10N2O/c1-2-7-5-3-4-6(7)8;1-6-3-4-7(2)5(6)8/h2H,1,3-5H2;3-4H2,1-2H3. The van der Waals surface area contributed by atoms with Gasteiger partial charge in [-0.3, -0.25) is 4.79 Å². The lowest BCUT2D eigenvalue weighted by Gasteiger charge is -2.07. The molecule has 0 spiro atoms. The molecule has 0 atom stereocenters. The van der Waals surface area contributed by atoms with Crippen molar-refractivity contribution in [3.05, 3.63) is 12.8 Å². The zero-order chi connectivity index (χ0) is 12.1. The molecule has 0 bridgehead atoms. The van der Waals surface area contributed by atoms with Crippen LogP contribution < -0.4 is 0 Å². The molecule has 2 heterocycles. The Bertz CT molecular complexity index is 279. The van der Waals surface area contributed by atoms with Crippen LogP contribution in [0.5, 0.6) is 0 Å². The van der Waals surface area contributed by atoms with Gasteiger partial charge >= 0.3 is 6.03 Å². The Kier molecular flexibility index (Phi) is 4.34. The average molecular weight is 225 g/mol. The van der Waals surface area contributed by atoms with Gasteiger partial charge in [0.25, 0.3) is 0 Å². The molecule has 2 rings (SSSR count). The molecule has 0 aromatic rings. The molecule has 2 saturated heterocycles. The summed E-state index contributed by atoms with van der Waals surface area (Å²) in [6.45, 7) is 6.10. The highest BCUT2D eigenvalue weighted by Crippen LogP contribution is 2.08. The van der Waals surface area contributed by atoms with E-state index in [2.05, 4.69) is 6.58 Å². The second kappa shape index (κ2) is 5.53. The highest BCUT2D eigenvalue weighted by atomic mass is 16.2. The van der Waals surface area contributed by atoms with Gasteiger partial charge in [-0.25, -0.2) is 4.79 Å². The molecule has 0 saturated carbocycles. The third-order valence-electron chi connectivity index (χ3n) is 2.75. The maximum atomic E-state index is 10.8. The van der Waals surface area contributed by atoms with Crippen molar-refractivity contribution in [3.63, 3.8) is 0 Å². The van der Waals surface area contributed by atoms with E-state index in [1.807, 2.05) is 14.1 Å². The van der Waals surface area contributed by atoms with E-state index in [1.165, 1.54) is 0 Å². The Morgan fingerprint density at radius 1 is 1.12 bits per heavy atom. The van der Waals surface area contributed by atoms with Gasteiger partial charge in [-0.05, 0) is 12.6 Å². The van der Waals surface area contributed by atoms with Crippen LogP contribution in [0.3, 0.4) is 0 Å². The van der Waals surface area contributed by atoms with E-state index in [1.54, 1.807) is 20.9 Å². The van der Waals surface area contributed by atoms with Crippen LogP contribution in [0.15, 0.2) is 12.8 Å². The van der Waals surface area contributed by atoms with Gasteiger partial charge in [-0.2, -0.15) is 0 Å². The molecule has 16 heavy (non-hydrogen) atoms. The molecule has 0 aromatic heterocycles. The van der Waals surface area contributed by atoms with Crippen molar-refractivity contribution in [3.8, 4) is 0 Å². The minimum atomic E-state index is 0.130. The van der Waals surface area contributed by atoms with E-state index in [4.69, 9.17) is 0 Å².